The van der Waals surface area contributed by atoms with E-state index < -0.39 is 0 Å². The highest BCUT2D eigenvalue weighted by atomic mass is 16.5. The standard InChI is InChI=1S/C19H29N3O4/c1-25-15-8-9-17(26-2)16(14-15)21-19(24)7-5-6-18(23)20-10-13-22-11-3-4-12-22/h8-9,14H,3-7,10-13H2,1-2H3,(H,20,23)(H,21,24). The second-order valence-corrected chi connectivity index (χ2v) is 6.37. The molecule has 1 aromatic rings. The van der Waals surface area contributed by atoms with E-state index in [9.17, 15) is 9.59 Å². The Balaban J connectivity index is 1.66. The molecule has 2 amide bonds. The monoisotopic (exact) mass is 363 g/mol. The Morgan fingerprint density at radius 2 is 1.81 bits per heavy atom. The minimum Gasteiger partial charge on any atom is -0.497 e. The largest absolute Gasteiger partial charge is 0.497 e. The van der Waals surface area contributed by atoms with E-state index in [0.717, 1.165) is 19.6 Å². The lowest BCUT2D eigenvalue weighted by molar-refractivity contribution is -0.121. The Morgan fingerprint density at radius 3 is 2.50 bits per heavy atom. The fourth-order valence-corrected chi connectivity index (χ4v) is 2.98. The summed E-state index contributed by atoms with van der Waals surface area (Å²) in [4.78, 5) is 26.3. The quantitative estimate of drug-likeness (QED) is 0.665. The molecular weight excluding hydrogens is 334 g/mol. The average molecular weight is 363 g/mol. The lowest BCUT2D eigenvalue weighted by Crippen LogP contribution is -2.33. The molecule has 0 aromatic heterocycles. The highest BCUT2D eigenvalue weighted by molar-refractivity contribution is 5.92. The molecular formula is C19H29N3O4. The number of amides is 2. The number of carbonyl (C=O) groups is 2. The number of nitrogens with one attached hydrogen (secondary N) is 2. The maximum Gasteiger partial charge on any atom is 0.224 e. The van der Waals surface area contributed by atoms with Gasteiger partial charge >= 0.3 is 0 Å². The first kappa shape index (κ1) is 20.0. The van der Waals surface area contributed by atoms with Crippen LogP contribution in [0.25, 0.3) is 0 Å². The molecule has 0 aliphatic carbocycles. The molecule has 1 fully saturated rings. The van der Waals surface area contributed by atoms with Gasteiger partial charge in [0.25, 0.3) is 0 Å². The number of hydrogen-bond donors (Lipinski definition) is 2. The second-order valence-electron chi connectivity index (χ2n) is 6.37. The SMILES string of the molecule is COc1ccc(OC)c(NC(=O)CCCC(=O)NCCN2CCCC2)c1. The van der Waals surface area contributed by atoms with E-state index in [1.165, 1.54) is 12.8 Å². The van der Waals surface area contributed by atoms with E-state index in [1.54, 1.807) is 32.4 Å². The maximum absolute atomic E-state index is 12.1. The van der Waals surface area contributed by atoms with Gasteiger partial charge in [-0.3, -0.25) is 9.59 Å². The fourth-order valence-electron chi connectivity index (χ4n) is 2.98. The van der Waals surface area contributed by atoms with Gasteiger partial charge in [-0.2, -0.15) is 0 Å². The number of benzene rings is 1. The van der Waals surface area contributed by atoms with Crippen molar-refractivity contribution in [1.82, 2.24) is 10.2 Å². The van der Waals surface area contributed by atoms with E-state index in [-0.39, 0.29) is 18.2 Å². The zero-order valence-corrected chi connectivity index (χ0v) is 15.7. The molecule has 0 unspecified atom stereocenters. The van der Waals surface area contributed by atoms with Gasteiger partial charge in [-0.25, -0.2) is 0 Å². The number of methoxy groups -OCH3 is 2. The van der Waals surface area contributed by atoms with Crippen LogP contribution in [0.15, 0.2) is 18.2 Å². The van der Waals surface area contributed by atoms with Crippen LogP contribution in [-0.2, 0) is 9.59 Å². The van der Waals surface area contributed by atoms with Gasteiger partial charge in [-0.1, -0.05) is 0 Å². The summed E-state index contributed by atoms with van der Waals surface area (Å²) in [5.74, 6) is 1.05. The smallest absolute Gasteiger partial charge is 0.224 e. The van der Waals surface area contributed by atoms with Crippen LogP contribution in [0.3, 0.4) is 0 Å². The summed E-state index contributed by atoms with van der Waals surface area (Å²) in [6, 6.07) is 5.21. The van der Waals surface area contributed by atoms with Crippen LogP contribution in [0.1, 0.15) is 32.1 Å². The molecule has 7 heteroatoms. The van der Waals surface area contributed by atoms with Gasteiger partial charge in [0.05, 0.1) is 19.9 Å². The first-order chi connectivity index (χ1) is 12.6. The number of hydrogen-bond acceptors (Lipinski definition) is 5. The van der Waals surface area contributed by atoms with Crippen LogP contribution in [0.2, 0.25) is 0 Å². The predicted octanol–water partition coefficient (Wildman–Crippen LogP) is 2.02. The van der Waals surface area contributed by atoms with Crippen molar-refractivity contribution in [2.75, 3.05) is 45.7 Å². The molecule has 144 valence electrons. The van der Waals surface area contributed by atoms with Crippen LogP contribution in [0.5, 0.6) is 11.5 Å². The highest BCUT2D eigenvalue weighted by Gasteiger charge is 2.12. The van der Waals surface area contributed by atoms with Crippen LogP contribution in [0, 0.1) is 0 Å². The Hall–Kier alpha value is -2.28. The van der Waals surface area contributed by atoms with Crippen molar-refractivity contribution < 1.29 is 19.1 Å². The molecule has 0 saturated carbocycles. The van der Waals surface area contributed by atoms with Crippen molar-refractivity contribution in [3.8, 4) is 11.5 Å². The Morgan fingerprint density at radius 1 is 1.08 bits per heavy atom. The predicted molar refractivity (Wildman–Crippen MR) is 101 cm³/mol. The van der Waals surface area contributed by atoms with Crippen LogP contribution in [-0.4, -0.2) is 57.1 Å². The van der Waals surface area contributed by atoms with Gasteiger partial charge in [0.1, 0.15) is 11.5 Å². The van der Waals surface area contributed by atoms with E-state index in [4.69, 9.17) is 9.47 Å². The molecule has 1 aromatic carbocycles. The van der Waals surface area contributed by atoms with Crippen molar-refractivity contribution in [2.45, 2.75) is 32.1 Å². The third kappa shape index (κ3) is 6.55. The zero-order valence-electron chi connectivity index (χ0n) is 15.7. The molecule has 0 bridgehead atoms. The molecule has 1 aliphatic rings. The molecule has 0 spiro atoms. The third-order valence-corrected chi connectivity index (χ3v) is 4.44. The Labute approximate surface area is 155 Å². The van der Waals surface area contributed by atoms with Crippen molar-refractivity contribution in [3.05, 3.63) is 18.2 Å². The van der Waals surface area contributed by atoms with Crippen LogP contribution in [0.4, 0.5) is 5.69 Å². The van der Waals surface area contributed by atoms with Crippen molar-refractivity contribution in [2.24, 2.45) is 0 Å². The van der Waals surface area contributed by atoms with Gasteiger partial charge in [0.15, 0.2) is 0 Å². The minimum atomic E-state index is -0.151. The summed E-state index contributed by atoms with van der Waals surface area (Å²) in [6.45, 7) is 3.83. The summed E-state index contributed by atoms with van der Waals surface area (Å²) < 4.78 is 10.4. The maximum atomic E-state index is 12.1. The van der Waals surface area contributed by atoms with E-state index in [2.05, 4.69) is 15.5 Å². The molecule has 1 heterocycles. The molecule has 0 atom stereocenters. The van der Waals surface area contributed by atoms with Gasteiger partial charge in [-0.05, 0) is 44.5 Å². The number of nitrogens with zero attached hydrogens (tertiary/aromatic N) is 1. The summed E-state index contributed by atoms with van der Waals surface area (Å²) in [7, 11) is 3.11. The fraction of sp³-hybridized carbons (Fsp3) is 0.579. The first-order valence-corrected chi connectivity index (χ1v) is 9.13. The normalized spacial score (nSPS) is 14.1. The van der Waals surface area contributed by atoms with Gasteiger partial charge < -0.3 is 25.0 Å². The third-order valence-electron chi connectivity index (χ3n) is 4.44. The number of rotatable bonds is 10. The molecule has 7 nitrogen and oxygen atoms in total. The molecule has 0 radical (unpaired) electrons. The Bertz CT molecular complexity index is 600. The molecule has 2 N–H and O–H groups in total. The van der Waals surface area contributed by atoms with Crippen LogP contribution < -0.4 is 20.1 Å². The van der Waals surface area contributed by atoms with E-state index in [1.807, 2.05) is 0 Å². The summed E-state index contributed by atoms with van der Waals surface area (Å²) in [5.41, 5.74) is 0.562. The topological polar surface area (TPSA) is 79.9 Å². The van der Waals surface area contributed by atoms with Crippen molar-refractivity contribution in [3.63, 3.8) is 0 Å². The van der Waals surface area contributed by atoms with Crippen molar-refractivity contribution in [1.29, 1.82) is 0 Å². The van der Waals surface area contributed by atoms with Gasteiger partial charge in [0, 0.05) is 32.0 Å². The number of likely N-dealkylation sites (tertiary alicyclic amines) is 1. The van der Waals surface area contributed by atoms with Gasteiger partial charge in [0.2, 0.25) is 11.8 Å². The minimum absolute atomic E-state index is 0.00374. The molecule has 26 heavy (non-hydrogen) atoms. The summed E-state index contributed by atoms with van der Waals surface area (Å²) in [5, 5.41) is 5.73. The lowest BCUT2D eigenvalue weighted by atomic mass is 10.2. The molecule has 2 rings (SSSR count). The van der Waals surface area contributed by atoms with E-state index in [0.29, 0.717) is 36.6 Å². The van der Waals surface area contributed by atoms with Gasteiger partial charge in [-0.15, -0.1) is 0 Å². The first-order valence-electron chi connectivity index (χ1n) is 9.13. The highest BCUT2D eigenvalue weighted by Crippen LogP contribution is 2.29. The van der Waals surface area contributed by atoms with E-state index >= 15 is 0 Å². The molecule has 1 aliphatic heterocycles. The Kier molecular flexibility index (Phi) is 8.21. The summed E-state index contributed by atoms with van der Waals surface area (Å²) in [6.07, 6.45) is 3.64. The number of anilines is 1. The number of carbonyl (C=O) groups excluding carboxylic acids is 2. The summed E-state index contributed by atoms with van der Waals surface area (Å²) >= 11 is 0. The zero-order chi connectivity index (χ0) is 18.8. The van der Waals surface area contributed by atoms with Crippen LogP contribution >= 0.6 is 0 Å². The van der Waals surface area contributed by atoms with Crippen molar-refractivity contribution >= 4 is 17.5 Å². The molecule has 1 saturated heterocycles. The lowest BCUT2D eigenvalue weighted by Gasteiger charge is -2.14. The average Bonchev–Trinajstić information content (AvgIpc) is 3.15. The number of ether oxygens (including phenoxy) is 2. The second kappa shape index (κ2) is 10.7.